The fourth-order valence-corrected chi connectivity index (χ4v) is 4.68. The first kappa shape index (κ1) is 26.6. The van der Waals surface area contributed by atoms with Gasteiger partial charge in [-0.1, -0.05) is 66.7 Å². The Hall–Kier alpha value is -4.95. The molecule has 0 aliphatic rings. The average Bonchev–Trinajstić information content (AvgIpc) is 3.48. The van der Waals surface area contributed by atoms with Gasteiger partial charge in [0.15, 0.2) is 18.1 Å². The number of ether oxygens (including phenoxy) is 2. The first-order valence-corrected chi connectivity index (χ1v) is 13.7. The van der Waals surface area contributed by atoms with E-state index in [1.807, 2.05) is 115 Å². The molecule has 1 amide bonds. The monoisotopic (exact) mass is 548 g/mol. The number of anilines is 3. The predicted octanol–water partition coefficient (Wildman–Crippen LogP) is 7.40. The summed E-state index contributed by atoms with van der Waals surface area (Å²) in [6.07, 6.45) is 1.69. The Morgan fingerprint density at radius 1 is 0.875 bits per heavy atom. The van der Waals surface area contributed by atoms with Gasteiger partial charge in [-0.25, -0.2) is 4.98 Å². The molecule has 1 N–H and O–H groups in total. The van der Waals surface area contributed by atoms with Crippen LogP contribution in [0.25, 0.3) is 11.3 Å². The van der Waals surface area contributed by atoms with Gasteiger partial charge in [0.2, 0.25) is 5.13 Å². The van der Waals surface area contributed by atoms with Crippen molar-refractivity contribution in [3.63, 3.8) is 0 Å². The Morgan fingerprint density at radius 2 is 1.52 bits per heavy atom. The minimum absolute atomic E-state index is 0.160. The molecule has 1 aromatic heterocycles. The zero-order valence-corrected chi connectivity index (χ0v) is 22.8. The molecule has 5 rings (SSSR count). The molecule has 0 saturated carbocycles. The molecular weight excluding hydrogens is 520 g/mol. The molecule has 0 unspecified atom stereocenters. The van der Waals surface area contributed by atoms with Gasteiger partial charge in [0.1, 0.15) is 0 Å². The van der Waals surface area contributed by atoms with Crippen molar-refractivity contribution in [3.05, 3.63) is 120 Å². The van der Waals surface area contributed by atoms with Crippen LogP contribution in [0.4, 0.5) is 16.5 Å². The molecule has 0 radical (unpaired) electrons. The van der Waals surface area contributed by atoms with Gasteiger partial charge < -0.3 is 9.47 Å². The fraction of sp³-hybridized carbons (Fsp3) is 0.0938. The number of thiazole rings is 1. The Balaban J connectivity index is 1.26. The average molecular weight is 549 g/mol. The molecule has 5 aromatic rings. The summed E-state index contributed by atoms with van der Waals surface area (Å²) in [6, 6.07) is 34.5. The number of hydrogen-bond acceptors (Lipinski definition) is 7. The van der Waals surface area contributed by atoms with E-state index in [1.165, 1.54) is 11.3 Å². The summed E-state index contributed by atoms with van der Waals surface area (Å²) in [6.45, 7) is 2.19. The van der Waals surface area contributed by atoms with E-state index in [4.69, 9.17) is 9.47 Å². The zero-order chi connectivity index (χ0) is 27.6. The molecule has 0 spiro atoms. The number of carbonyl (C=O) groups is 1. The fourth-order valence-electron chi connectivity index (χ4n) is 4.02. The molecule has 0 aliphatic carbocycles. The number of nitrogens with zero attached hydrogens (tertiary/aromatic N) is 3. The summed E-state index contributed by atoms with van der Waals surface area (Å²) in [5.41, 5.74) is 7.29. The minimum Gasteiger partial charge on any atom is -0.490 e. The SMILES string of the molecule is CCOc1cc(C=NNc2nc(-c3ccccc3)cs2)ccc1OCC(=O)N(c1ccccc1)c1ccccc1. The molecule has 1 heterocycles. The third-order valence-corrected chi connectivity index (χ3v) is 6.59. The van der Waals surface area contributed by atoms with E-state index in [-0.39, 0.29) is 12.5 Å². The van der Waals surface area contributed by atoms with E-state index < -0.39 is 0 Å². The third kappa shape index (κ3) is 6.73. The first-order valence-electron chi connectivity index (χ1n) is 12.8. The number of benzene rings is 4. The third-order valence-electron chi connectivity index (χ3n) is 5.84. The lowest BCUT2D eigenvalue weighted by molar-refractivity contribution is -0.119. The molecule has 0 bridgehead atoms. The van der Waals surface area contributed by atoms with Crippen LogP contribution in [-0.4, -0.2) is 30.3 Å². The Labute approximate surface area is 237 Å². The minimum atomic E-state index is -0.201. The van der Waals surface area contributed by atoms with Crippen molar-refractivity contribution in [1.29, 1.82) is 0 Å². The Bertz CT molecular complexity index is 1520. The highest BCUT2D eigenvalue weighted by Gasteiger charge is 2.19. The highest BCUT2D eigenvalue weighted by atomic mass is 32.1. The Kier molecular flexibility index (Phi) is 8.80. The van der Waals surface area contributed by atoms with Gasteiger partial charge in [0.25, 0.3) is 5.91 Å². The molecule has 7 nitrogen and oxygen atoms in total. The van der Waals surface area contributed by atoms with Crippen molar-refractivity contribution in [2.24, 2.45) is 5.10 Å². The van der Waals surface area contributed by atoms with Crippen LogP contribution in [0, 0.1) is 0 Å². The molecule has 200 valence electrons. The summed E-state index contributed by atoms with van der Waals surface area (Å²) in [5.74, 6) is 0.813. The van der Waals surface area contributed by atoms with Crippen molar-refractivity contribution in [3.8, 4) is 22.8 Å². The molecule has 0 fully saturated rings. The van der Waals surface area contributed by atoms with Gasteiger partial charge in [-0.05, 0) is 55.0 Å². The van der Waals surface area contributed by atoms with E-state index in [2.05, 4.69) is 15.5 Å². The lowest BCUT2D eigenvalue weighted by atomic mass is 10.2. The van der Waals surface area contributed by atoms with Crippen LogP contribution in [-0.2, 0) is 4.79 Å². The lowest BCUT2D eigenvalue weighted by Crippen LogP contribution is -2.31. The van der Waals surface area contributed by atoms with Gasteiger partial charge in [0, 0.05) is 22.3 Å². The van der Waals surface area contributed by atoms with Crippen LogP contribution < -0.4 is 19.8 Å². The van der Waals surface area contributed by atoms with Crippen LogP contribution in [0.3, 0.4) is 0 Å². The van der Waals surface area contributed by atoms with Crippen LogP contribution in [0.1, 0.15) is 12.5 Å². The van der Waals surface area contributed by atoms with E-state index >= 15 is 0 Å². The molecule has 8 heteroatoms. The molecule has 40 heavy (non-hydrogen) atoms. The highest BCUT2D eigenvalue weighted by molar-refractivity contribution is 7.14. The summed E-state index contributed by atoms with van der Waals surface area (Å²) in [7, 11) is 0. The van der Waals surface area contributed by atoms with Gasteiger partial charge in [-0.2, -0.15) is 5.10 Å². The topological polar surface area (TPSA) is 76.0 Å². The van der Waals surface area contributed by atoms with E-state index in [1.54, 1.807) is 17.2 Å². The maximum Gasteiger partial charge on any atom is 0.269 e. The van der Waals surface area contributed by atoms with Crippen LogP contribution >= 0.6 is 11.3 Å². The maximum atomic E-state index is 13.3. The maximum absolute atomic E-state index is 13.3. The number of hydrazone groups is 1. The quantitative estimate of drug-likeness (QED) is 0.137. The molecule has 0 saturated heterocycles. The van der Waals surface area contributed by atoms with Crippen molar-refractivity contribution >= 4 is 40.0 Å². The number of carbonyl (C=O) groups excluding carboxylic acids is 1. The van der Waals surface area contributed by atoms with Crippen molar-refractivity contribution in [2.75, 3.05) is 23.5 Å². The van der Waals surface area contributed by atoms with Crippen molar-refractivity contribution < 1.29 is 14.3 Å². The van der Waals surface area contributed by atoms with Crippen molar-refractivity contribution in [1.82, 2.24) is 4.98 Å². The summed E-state index contributed by atoms with van der Waals surface area (Å²) >= 11 is 1.48. The second kappa shape index (κ2) is 13.2. The van der Waals surface area contributed by atoms with Crippen LogP contribution in [0.5, 0.6) is 11.5 Å². The van der Waals surface area contributed by atoms with E-state index in [0.717, 1.165) is 28.2 Å². The number of aromatic nitrogens is 1. The first-order chi connectivity index (χ1) is 19.7. The molecular formula is C32H28N4O3S. The zero-order valence-electron chi connectivity index (χ0n) is 21.9. The van der Waals surface area contributed by atoms with Crippen LogP contribution in [0.15, 0.2) is 120 Å². The van der Waals surface area contributed by atoms with Gasteiger partial charge >= 0.3 is 0 Å². The normalized spacial score (nSPS) is 10.8. The predicted molar refractivity (Wildman–Crippen MR) is 162 cm³/mol. The second-order valence-electron chi connectivity index (χ2n) is 8.60. The van der Waals surface area contributed by atoms with Crippen molar-refractivity contribution in [2.45, 2.75) is 6.92 Å². The second-order valence-corrected chi connectivity index (χ2v) is 9.46. The molecule has 0 atom stereocenters. The number of hydrogen-bond donors (Lipinski definition) is 1. The van der Waals surface area contributed by atoms with Gasteiger partial charge in [-0.15, -0.1) is 11.3 Å². The van der Waals surface area contributed by atoms with E-state index in [9.17, 15) is 4.79 Å². The number of rotatable bonds is 11. The van der Waals surface area contributed by atoms with E-state index in [0.29, 0.717) is 23.2 Å². The Morgan fingerprint density at radius 3 is 2.17 bits per heavy atom. The smallest absolute Gasteiger partial charge is 0.269 e. The largest absolute Gasteiger partial charge is 0.490 e. The number of para-hydroxylation sites is 2. The lowest BCUT2D eigenvalue weighted by Gasteiger charge is -2.23. The van der Waals surface area contributed by atoms with Crippen LogP contribution in [0.2, 0.25) is 0 Å². The summed E-state index contributed by atoms with van der Waals surface area (Å²) in [5, 5.41) is 7.02. The summed E-state index contributed by atoms with van der Waals surface area (Å²) < 4.78 is 11.8. The van der Waals surface area contributed by atoms with Gasteiger partial charge in [-0.3, -0.25) is 15.1 Å². The number of nitrogens with one attached hydrogen (secondary N) is 1. The van der Waals surface area contributed by atoms with Gasteiger partial charge in [0.05, 0.1) is 18.5 Å². The highest BCUT2D eigenvalue weighted by Crippen LogP contribution is 2.30. The molecule has 4 aromatic carbocycles. The standard InChI is InChI=1S/C32H28N4O3S/c1-2-38-30-20-24(21-33-35-32-34-28(23-40-32)25-12-6-3-7-13-25)18-19-29(30)39-22-31(37)36(26-14-8-4-9-15-26)27-16-10-5-11-17-27/h3-21,23H,2,22H2,1H3,(H,34,35). The number of amides is 1. The molecule has 0 aliphatic heterocycles. The summed E-state index contributed by atoms with van der Waals surface area (Å²) in [4.78, 5) is 19.6.